The summed E-state index contributed by atoms with van der Waals surface area (Å²) in [6, 6.07) is 0. The predicted molar refractivity (Wildman–Crippen MR) is 52.2 cm³/mol. The molecule has 0 aliphatic heterocycles. The van der Waals surface area contributed by atoms with Gasteiger partial charge in [0.2, 0.25) is 0 Å². The minimum atomic E-state index is 0. The van der Waals surface area contributed by atoms with Gasteiger partial charge in [0.1, 0.15) is 0 Å². The molecule has 2 atom stereocenters. The zero-order chi connectivity index (χ0) is 9.59. The van der Waals surface area contributed by atoms with Crippen molar-refractivity contribution in [3.63, 3.8) is 0 Å². The van der Waals surface area contributed by atoms with Crippen LogP contribution in [0, 0.1) is 5.92 Å². The van der Waals surface area contributed by atoms with Crippen LogP contribution in [0.1, 0.15) is 40.0 Å². The number of allylic oxidation sites excluding steroid dienone is 4. The first-order valence-electron chi connectivity index (χ1n) is 5.24. The molecule has 90 valence electrons. The molecule has 0 aromatic heterocycles. The fourth-order valence-corrected chi connectivity index (χ4v) is 3.70. The largest absolute Gasteiger partial charge is 1.00 e. The van der Waals surface area contributed by atoms with Crippen LogP contribution < -0.4 is 37.2 Å². The van der Waals surface area contributed by atoms with Gasteiger partial charge in [-0.15, -0.1) is 0 Å². The zero-order valence-corrected chi connectivity index (χ0v) is 13.7. The minimum Gasteiger partial charge on any atom is -1.00 e. The van der Waals surface area contributed by atoms with Gasteiger partial charge in [0.25, 0.3) is 0 Å². The van der Waals surface area contributed by atoms with Crippen molar-refractivity contribution in [2.24, 2.45) is 5.92 Å². The SMILES string of the molecule is CC1=C(C)C(C)C2=C1[CH]([Ti+3])CCC2.[Cl-].[Cl-].[Cl-]. The Labute approximate surface area is 129 Å². The first-order chi connectivity index (χ1) is 6.13. The van der Waals surface area contributed by atoms with E-state index in [1.165, 1.54) is 19.3 Å². The maximum absolute atomic E-state index is 2.39. The first-order valence-corrected chi connectivity index (χ1v) is 6.15. The maximum atomic E-state index is 2.39. The van der Waals surface area contributed by atoms with E-state index in [1.54, 1.807) is 22.3 Å². The van der Waals surface area contributed by atoms with Gasteiger partial charge >= 0.3 is 92.9 Å². The second-order valence-electron chi connectivity index (χ2n) is 4.41. The molecule has 4 heteroatoms. The van der Waals surface area contributed by atoms with Gasteiger partial charge in [-0.3, -0.25) is 0 Å². The average Bonchev–Trinajstić information content (AvgIpc) is 2.33. The normalized spacial score (nSPS) is 27.8. The van der Waals surface area contributed by atoms with Gasteiger partial charge < -0.3 is 37.2 Å². The number of hydrogen-bond acceptors (Lipinski definition) is 0. The van der Waals surface area contributed by atoms with Gasteiger partial charge in [-0.2, -0.15) is 0 Å². The molecule has 0 spiro atoms. The van der Waals surface area contributed by atoms with E-state index in [4.69, 9.17) is 0 Å². The molecule has 0 N–H and O–H groups in total. The van der Waals surface area contributed by atoms with Crippen LogP contribution in [0.25, 0.3) is 0 Å². The molecule has 2 unspecified atom stereocenters. The molecule has 2 aliphatic rings. The molecule has 0 aromatic rings. The van der Waals surface area contributed by atoms with Crippen molar-refractivity contribution in [2.75, 3.05) is 0 Å². The van der Waals surface area contributed by atoms with Gasteiger partial charge in [0.05, 0.1) is 0 Å². The van der Waals surface area contributed by atoms with Crippen LogP contribution in [0.2, 0.25) is 4.22 Å². The van der Waals surface area contributed by atoms with Crippen LogP contribution in [0.15, 0.2) is 22.3 Å². The predicted octanol–water partition coefficient (Wildman–Crippen LogP) is -5.20. The van der Waals surface area contributed by atoms with Crippen molar-refractivity contribution >= 4 is 0 Å². The Bertz CT molecular complexity index is 307. The summed E-state index contributed by atoms with van der Waals surface area (Å²) in [5.41, 5.74) is 6.71. The van der Waals surface area contributed by atoms with Gasteiger partial charge in [0.15, 0.2) is 0 Å². The number of hydrogen-bond donors (Lipinski definition) is 0. The van der Waals surface area contributed by atoms with Crippen molar-refractivity contribution in [3.8, 4) is 0 Å². The van der Waals surface area contributed by atoms with E-state index in [1.807, 2.05) is 0 Å². The van der Waals surface area contributed by atoms with Crippen molar-refractivity contribution in [2.45, 2.75) is 44.3 Å². The van der Waals surface area contributed by atoms with Gasteiger partial charge in [-0.05, 0) is 0 Å². The van der Waals surface area contributed by atoms with Crippen molar-refractivity contribution in [1.29, 1.82) is 0 Å². The van der Waals surface area contributed by atoms with E-state index in [2.05, 4.69) is 41.2 Å². The smallest absolute Gasteiger partial charge is 1.00 e. The quantitative estimate of drug-likeness (QED) is 0.392. The van der Waals surface area contributed by atoms with Crippen LogP contribution in [0.5, 0.6) is 0 Å². The molecule has 2 rings (SSSR count). The molecule has 0 heterocycles. The molecule has 0 aromatic carbocycles. The molecule has 0 nitrogen and oxygen atoms in total. The molecule has 0 saturated carbocycles. The number of rotatable bonds is 0. The molecular formula is C12H17Cl3Ti. The van der Waals surface area contributed by atoms with E-state index in [0.717, 1.165) is 10.1 Å². The van der Waals surface area contributed by atoms with Gasteiger partial charge in [-0.1, -0.05) is 0 Å². The summed E-state index contributed by atoms with van der Waals surface area (Å²) < 4.78 is 0.823. The third kappa shape index (κ3) is 3.09. The monoisotopic (exact) mass is 314 g/mol. The Hall–Kier alpha value is 1.06. The topological polar surface area (TPSA) is 0 Å². The minimum absolute atomic E-state index is 0. The third-order valence-electron chi connectivity index (χ3n) is 3.80. The Kier molecular flexibility index (Phi) is 9.08. The fourth-order valence-electron chi connectivity index (χ4n) is 2.75. The summed E-state index contributed by atoms with van der Waals surface area (Å²) in [5, 5.41) is 0. The van der Waals surface area contributed by atoms with Crippen molar-refractivity contribution in [3.05, 3.63) is 22.3 Å². The van der Waals surface area contributed by atoms with Gasteiger partial charge in [0, 0.05) is 0 Å². The van der Waals surface area contributed by atoms with Crippen LogP contribution >= 0.6 is 0 Å². The Morgan fingerprint density at radius 2 is 1.69 bits per heavy atom. The Balaban J connectivity index is 0. The molecule has 0 saturated heterocycles. The second kappa shape index (κ2) is 7.49. The van der Waals surface area contributed by atoms with E-state index in [0.29, 0.717) is 0 Å². The van der Waals surface area contributed by atoms with E-state index in [-0.39, 0.29) is 37.2 Å². The third-order valence-corrected chi connectivity index (χ3v) is 4.70. The molecule has 0 bridgehead atoms. The van der Waals surface area contributed by atoms with E-state index >= 15 is 0 Å². The average molecular weight is 315 g/mol. The summed E-state index contributed by atoms with van der Waals surface area (Å²) in [6.45, 7) is 7.00. The van der Waals surface area contributed by atoms with Crippen LogP contribution in [-0.2, 0) is 20.4 Å². The van der Waals surface area contributed by atoms with Crippen LogP contribution in [0.4, 0.5) is 0 Å². The van der Waals surface area contributed by atoms with Crippen LogP contribution in [-0.4, -0.2) is 0 Å². The maximum Gasteiger partial charge on any atom is -1.00 e. The second-order valence-corrected chi connectivity index (χ2v) is 5.50. The molecule has 0 radical (unpaired) electrons. The Morgan fingerprint density at radius 1 is 1.12 bits per heavy atom. The summed E-state index contributed by atoms with van der Waals surface area (Å²) >= 11 is 2.39. The van der Waals surface area contributed by atoms with E-state index < -0.39 is 0 Å². The molecule has 0 fully saturated rings. The van der Waals surface area contributed by atoms with Crippen molar-refractivity contribution < 1.29 is 57.7 Å². The molecule has 0 amide bonds. The molecule has 16 heavy (non-hydrogen) atoms. The first kappa shape index (κ1) is 19.4. The van der Waals surface area contributed by atoms with E-state index in [9.17, 15) is 0 Å². The molecular weight excluding hydrogens is 298 g/mol. The van der Waals surface area contributed by atoms with Gasteiger partial charge in [-0.25, -0.2) is 0 Å². The summed E-state index contributed by atoms with van der Waals surface area (Å²) in [7, 11) is 0. The standard InChI is InChI=1S/C12H17.3ClH.Ti/c1-8-9(2)11-6-4-5-7-12(11)10(8)3;;;;/h6,10H,4-5,7H2,1-3H3;3*1H;/q;;;;+3/p-3. The fraction of sp³-hybridized carbons (Fsp3) is 0.667. The summed E-state index contributed by atoms with van der Waals surface area (Å²) in [5.74, 6) is 0.748. The number of halogens is 3. The molecule has 2 aliphatic carbocycles. The van der Waals surface area contributed by atoms with Crippen molar-refractivity contribution in [1.82, 2.24) is 0 Å². The summed E-state index contributed by atoms with van der Waals surface area (Å²) in [6.07, 6.45) is 4.16. The van der Waals surface area contributed by atoms with Crippen LogP contribution in [0.3, 0.4) is 0 Å². The zero-order valence-electron chi connectivity index (χ0n) is 9.91. The summed E-state index contributed by atoms with van der Waals surface area (Å²) in [4.78, 5) is 0. The Morgan fingerprint density at radius 3 is 2.19 bits per heavy atom.